The van der Waals surface area contributed by atoms with E-state index in [1.807, 2.05) is 24.4 Å². The molecule has 5 N–H and O–H groups in total. The van der Waals surface area contributed by atoms with Gasteiger partial charge in [0.2, 0.25) is 0 Å². The molecule has 0 radical (unpaired) electrons. The monoisotopic (exact) mass is 427 g/mol. The molecule has 0 spiro atoms. The molecule has 0 fully saturated rings. The van der Waals surface area contributed by atoms with Crippen LogP contribution in [-0.2, 0) is 13.0 Å². The van der Waals surface area contributed by atoms with Gasteiger partial charge in [-0.25, -0.2) is 4.99 Å². The van der Waals surface area contributed by atoms with Crippen LogP contribution in [0.4, 0.5) is 5.69 Å². The van der Waals surface area contributed by atoms with Crippen LogP contribution in [0.2, 0.25) is 0 Å². The van der Waals surface area contributed by atoms with Gasteiger partial charge in [-0.05, 0) is 61.1 Å². The maximum absolute atomic E-state index is 5.51. The van der Waals surface area contributed by atoms with Crippen molar-refractivity contribution in [2.45, 2.75) is 44.3 Å². The second-order valence-corrected chi connectivity index (χ2v) is 8.57. The van der Waals surface area contributed by atoms with Gasteiger partial charge in [0.15, 0.2) is 5.96 Å². The molecule has 0 bridgehead atoms. The van der Waals surface area contributed by atoms with Crippen molar-refractivity contribution in [2.24, 2.45) is 21.5 Å². The molecule has 1 aliphatic heterocycles. The molecule has 0 saturated heterocycles. The molecule has 1 aromatic heterocycles. The average molecular weight is 428 g/mol. The maximum atomic E-state index is 5.51. The Balaban J connectivity index is 1.41. The number of fused-ring (bicyclic) bond motifs is 2. The Labute approximate surface area is 188 Å². The van der Waals surface area contributed by atoms with Gasteiger partial charge in [0, 0.05) is 18.4 Å². The number of aliphatic imine (C=N–C) groups is 2. The largest absolute Gasteiger partial charge is 0.370 e. The number of aryl methyl sites for hydroxylation is 1. The minimum absolute atomic E-state index is 0.0693. The zero-order chi connectivity index (χ0) is 21.9. The molecule has 2 aromatic rings. The molecular weight excluding hydrogens is 398 g/mol. The molecule has 7 heteroatoms. The smallest absolute Gasteiger partial charge is 0.191 e. The van der Waals surface area contributed by atoms with Crippen LogP contribution in [0.25, 0.3) is 0 Å². The molecule has 2 atom stereocenters. The molecule has 7 nitrogen and oxygen atoms in total. The van der Waals surface area contributed by atoms with E-state index in [0.717, 1.165) is 43.9 Å². The Morgan fingerprint density at radius 3 is 2.84 bits per heavy atom. The fraction of sp³-hybridized carbons (Fsp3) is 0.320. The number of benzene rings is 1. The number of hydrogen-bond donors (Lipinski definition) is 3. The standard InChI is InChI=1S/C25H29N7/c26-25(27)29-19-12-10-17(11-13-19)15-32(16-23-30-20-7-1-2-8-21(20)31-23)22-9-3-5-18-6-4-14-28-24(18)22/h1-2,4,6-7,10-14,21-22H,3,5,8-9,15-16H2,(H,30,31)(H4,26,27,29). The van der Waals surface area contributed by atoms with E-state index in [1.165, 1.54) is 28.9 Å². The summed E-state index contributed by atoms with van der Waals surface area (Å²) in [5, 5.41) is 3.56. The van der Waals surface area contributed by atoms with Gasteiger partial charge in [-0.15, -0.1) is 0 Å². The summed E-state index contributed by atoms with van der Waals surface area (Å²) in [4.78, 5) is 16.4. The summed E-state index contributed by atoms with van der Waals surface area (Å²) >= 11 is 0. The van der Waals surface area contributed by atoms with Crippen molar-refractivity contribution in [1.29, 1.82) is 0 Å². The van der Waals surface area contributed by atoms with E-state index in [4.69, 9.17) is 21.4 Å². The molecule has 3 aliphatic rings. The zero-order valence-electron chi connectivity index (χ0n) is 18.1. The Bertz CT molecular complexity index is 1090. The van der Waals surface area contributed by atoms with Crippen molar-refractivity contribution in [3.8, 4) is 0 Å². The third-order valence-electron chi connectivity index (χ3n) is 6.27. The number of nitrogens with one attached hydrogen (secondary N) is 1. The van der Waals surface area contributed by atoms with Gasteiger partial charge in [-0.3, -0.25) is 14.9 Å². The molecule has 0 amide bonds. The van der Waals surface area contributed by atoms with Crippen LogP contribution in [0.3, 0.4) is 0 Å². The number of amidine groups is 1. The molecule has 32 heavy (non-hydrogen) atoms. The van der Waals surface area contributed by atoms with Crippen molar-refractivity contribution in [2.75, 3.05) is 6.54 Å². The van der Waals surface area contributed by atoms with Crippen LogP contribution < -0.4 is 16.8 Å². The van der Waals surface area contributed by atoms with Gasteiger partial charge in [0.05, 0.1) is 30.0 Å². The number of aromatic nitrogens is 1. The topological polar surface area (TPSA) is 105 Å². The van der Waals surface area contributed by atoms with Crippen LogP contribution in [0.1, 0.15) is 42.1 Å². The molecule has 164 valence electrons. The normalized spacial score (nSPS) is 21.3. The Hall–Kier alpha value is -3.45. The summed E-state index contributed by atoms with van der Waals surface area (Å²) in [6.45, 7) is 1.55. The number of guanidine groups is 1. The second kappa shape index (κ2) is 8.96. The quantitative estimate of drug-likeness (QED) is 0.485. The first-order chi connectivity index (χ1) is 15.7. The van der Waals surface area contributed by atoms with Gasteiger partial charge in [-0.2, -0.15) is 0 Å². The predicted octanol–water partition coefficient (Wildman–Crippen LogP) is 3.08. The first kappa shape index (κ1) is 20.5. The highest BCUT2D eigenvalue weighted by atomic mass is 15.2. The third-order valence-corrected chi connectivity index (χ3v) is 6.27. The number of rotatable bonds is 6. The van der Waals surface area contributed by atoms with Gasteiger partial charge >= 0.3 is 0 Å². The molecule has 2 heterocycles. The number of nitrogens with zero attached hydrogens (tertiary/aromatic N) is 4. The summed E-state index contributed by atoms with van der Waals surface area (Å²) in [7, 11) is 0. The highest BCUT2D eigenvalue weighted by Gasteiger charge is 2.30. The van der Waals surface area contributed by atoms with Gasteiger partial charge in [0.1, 0.15) is 5.84 Å². The lowest BCUT2D eigenvalue weighted by Gasteiger charge is -2.35. The zero-order valence-corrected chi connectivity index (χ0v) is 18.1. The predicted molar refractivity (Wildman–Crippen MR) is 128 cm³/mol. The van der Waals surface area contributed by atoms with Crippen molar-refractivity contribution < 1.29 is 0 Å². The second-order valence-electron chi connectivity index (χ2n) is 8.57. The van der Waals surface area contributed by atoms with E-state index in [0.29, 0.717) is 0 Å². The lowest BCUT2D eigenvalue weighted by atomic mass is 9.90. The first-order valence-electron chi connectivity index (χ1n) is 11.2. The van der Waals surface area contributed by atoms with Crippen LogP contribution in [0, 0.1) is 0 Å². The fourth-order valence-electron chi connectivity index (χ4n) is 4.80. The highest BCUT2D eigenvalue weighted by Crippen LogP contribution is 2.34. The Kier molecular flexibility index (Phi) is 5.73. The van der Waals surface area contributed by atoms with Crippen LogP contribution >= 0.6 is 0 Å². The lowest BCUT2D eigenvalue weighted by Crippen LogP contribution is -2.38. The van der Waals surface area contributed by atoms with Gasteiger partial charge < -0.3 is 16.8 Å². The third kappa shape index (κ3) is 4.43. The maximum Gasteiger partial charge on any atom is 0.191 e. The summed E-state index contributed by atoms with van der Waals surface area (Å²) < 4.78 is 0. The summed E-state index contributed by atoms with van der Waals surface area (Å²) in [5.74, 6) is 1.10. The van der Waals surface area contributed by atoms with E-state index < -0.39 is 0 Å². The minimum atomic E-state index is 0.0693. The van der Waals surface area contributed by atoms with Crippen LogP contribution in [-0.4, -0.2) is 34.3 Å². The molecule has 5 rings (SSSR count). The van der Waals surface area contributed by atoms with Crippen molar-refractivity contribution >= 4 is 17.5 Å². The number of allylic oxidation sites excluding steroid dienone is 2. The van der Waals surface area contributed by atoms with Crippen LogP contribution in [0.15, 0.2) is 76.5 Å². The minimum Gasteiger partial charge on any atom is -0.370 e. The fourth-order valence-corrected chi connectivity index (χ4v) is 4.80. The van der Waals surface area contributed by atoms with E-state index in [1.54, 1.807) is 0 Å². The lowest BCUT2D eigenvalue weighted by molar-refractivity contribution is 0.190. The molecule has 2 unspecified atom stereocenters. The summed E-state index contributed by atoms with van der Waals surface area (Å²) in [5.41, 5.74) is 16.8. The number of hydrogen-bond acceptors (Lipinski definition) is 5. The average Bonchev–Trinajstić information content (AvgIpc) is 3.22. The van der Waals surface area contributed by atoms with Gasteiger partial charge in [0.25, 0.3) is 0 Å². The van der Waals surface area contributed by atoms with Crippen molar-refractivity contribution in [1.82, 2.24) is 15.2 Å². The number of nitrogens with two attached hydrogens (primary N) is 2. The molecular formula is C25H29N7. The summed E-state index contributed by atoms with van der Waals surface area (Å²) in [6.07, 6.45) is 12.7. The Morgan fingerprint density at radius 1 is 1.16 bits per heavy atom. The van der Waals surface area contributed by atoms with Gasteiger partial charge in [-0.1, -0.05) is 30.4 Å². The van der Waals surface area contributed by atoms with E-state index in [9.17, 15) is 0 Å². The van der Waals surface area contributed by atoms with E-state index >= 15 is 0 Å². The number of pyridine rings is 1. The Morgan fingerprint density at radius 2 is 2.03 bits per heavy atom. The highest BCUT2D eigenvalue weighted by molar-refractivity contribution is 5.88. The first-order valence-corrected chi connectivity index (χ1v) is 11.2. The molecule has 0 saturated carbocycles. The van der Waals surface area contributed by atoms with Crippen LogP contribution in [0.5, 0.6) is 0 Å². The molecule has 1 aromatic carbocycles. The van der Waals surface area contributed by atoms with E-state index in [2.05, 4.69) is 51.6 Å². The van der Waals surface area contributed by atoms with Crippen molar-refractivity contribution in [3.05, 3.63) is 83.3 Å². The van der Waals surface area contributed by atoms with Crippen molar-refractivity contribution in [3.63, 3.8) is 0 Å². The SMILES string of the molecule is NC(N)=Nc1ccc(CN(CC2=NC3CC=CC=C3N2)C2CCCc3cccnc32)cc1. The van der Waals surface area contributed by atoms with E-state index in [-0.39, 0.29) is 18.0 Å². The molecule has 2 aliphatic carbocycles. The summed E-state index contributed by atoms with van der Waals surface area (Å²) in [6, 6.07) is 12.8.